The molecule has 6 atom stereocenters. The van der Waals surface area contributed by atoms with E-state index in [-0.39, 0.29) is 150 Å². The Balaban J connectivity index is -0.0000105. The van der Waals surface area contributed by atoms with Crippen LogP contribution in [-0.2, 0) is 74.9 Å². The Morgan fingerprint density at radius 1 is 0.313 bits per heavy atom. The number of nitrogens with one attached hydrogen (secondary N) is 4. The van der Waals surface area contributed by atoms with Gasteiger partial charge in [-0.15, -0.1) is 0 Å². The van der Waals surface area contributed by atoms with E-state index in [2.05, 4.69) is 87.1 Å². The molecule has 0 aromatic carbocycles. The Kier molecular flexibility index (Phi) is 90.7. The number of esters is 2. The van der Waals surface area contributed by atoms with E-state index in [4.69, 9.17) is 37.0 Å². The molecule has 0 aromatic rings. The number of carbonyl (C=O) groups is 6. The largest absolute Gasteiger partial charge is 1.00 e. The predicted octanol–water partition coefficient (Wildman–Crippen LogP) is 16.8. The molecule has 4 amide bonds. The van der Waals surface area contributed by atoms with Crippen LogP contribution in [0.15, 0.2) is 24.3 Å². The van der Waals surface area contributed by atoms with Gasteiger partial charge in [0.05, 0.1) is 64.9 Å². The van der Waals surface area contributed by atoms with Crippen molar-refractivity contribution in [3.8, 4) is 0 Å². The second-order valence-electron chi connectivity index (χ2n) is 31.4. The van der Waals surface area contributed by atoms with E-state index in [1.54, 1.807) is 0 Å². The molecule has 0 aromatic heterocycles. The first-order valence-corrected chi connectivity index (χ1v) is 49.1. The van der Waals surface area contributed by atoms with Gasteiger partial charge in [-0.25, -0.2) is 9.13 Å². The maximum atomic E-state index is 13.3. The van der Waals surface area contributed by atoms with Crippen molar-refractivity contribution < 1.29 is 147 Å². The summed E-state index contributed by atoms with van der Waals surface area (Å²) in [5, 5.41) is 10.7. The Bertz CT molecular complexity index is 2260. The molecule has 4 unspecified atom stereocenters. The molecule has 26 heteroatoms. The summed E-state index contributed by atoms with van der Waals surface area (Å²) in [5.74, 6) is -2.44. The molecule has 0 aliphatic carbocycles. The molecule has 6 N–H and O–H groups in total. The van der Waals surface area contributed by atoms with Crippen molar-refractivity contribution in [2.45, 2.75) is 445 Å². The van der Waals surface area contributed by atoms with Gasteiger partial charge in [0.15, 0.2) is 0 Å². The van der Waals surface area contributed by atoms with Crippen molar-refractivity contribution in [3.63, 3.8) is 0 Å². The van der Waals surface area contributed by atoms with Crippen LogP contribution >= 0.6 is 15.6 Å². The molecule has 0 aliphatic rings. The minimum Gasteiger partial charge on any atom is -1.00 e. The van der Waals surface area contributed by atoms with Crippen LogP contribution in [-0.4, -0.2) is 136 Å². The van der Waals surface area contributed by atoms with E-state index in [0.717, 1.165) is 128 Å². The fourth-order valence-corrected chi connectivity index (χ4v) is 14.8. The van der Waals surface area contributed by atoms with E-state index in [0.29, 0.717) is 64.2 Å². The van der Waals surface area contributed by atoms with Gasteiger partial charge < -0.3 is 52.9 Å². The normalized spacial score (nSPS) is 13.6. The Hall–Kier alpha value is -1.56. The zero-order valence-corrected chi connectivity index (χ0v) is 80.5. The Labute approximate surface area is 748 Å². The number of amides is 4. The number of phosphoric ester groups is 2. The number of phosphoric acid groups is 2. The van der Waals surface area contributed by atoms with Gasteiger partial charge in [0.25, 0.3) is 0 Å². The molecule has 0 bridgehead atoms. The molecule has 0 aliphatic heterocycles. The van der Waals surface area contributed by atoms with Crippen LogP contribution in [0.5, 0.6) is 0 Å². The van der Waals surface area contributed by atoms with Gasteiger partial charge >= 0.3 is 86.7 Å². The first-order valence-electron chi connectivity index (χ1n) is 46.1. The molecule has 0 saturated heterocycles. The number of allylic oxidation sites excluding steroid dienone is 4. The smallest absolute Gasteiger partial charge is 1.00 e. The van der Waals surface area contributed by atoms with Crippen LogP contribution in [0.4, 0.5) is 0 Å². The van der Waals surface area contributed by atoms with Gasteiger partial charge in [-0.3, -0.25) is 46.9 Å². The van der Waals surface area contributed by atoms with E-state index < -0.39 is 72.4 Å². The van der Waals surface area contributed by atoms with Crippen LogP contribution in [0, 0.1) is 0 Å². The van der Waals surface area contributed by atoms with Crippen molar-refractivity contribution in [3.05, 3.63) is 24.3 Å². The molecule has 0 heterocycles. The first-order chi connectivity index (χ1) is 54.9. The summed E-state index contributed by atoms with van der Waals surface area (Å²) < 4.78 is 71.6. The molecule has 22 nitrogen and oxygen atoms in total. The van der Waals surface area contributed by atoms with Crippen LogP contribution in [0.2, 0.25) is 0 Å². The fraction of sp³-hybridized carbons (Fsp3) is 0.888. The van der Waals surface area contributed by atoms with E-state index in [9.17, 15) is 47.7 Å². The van der Waals surface area contributed by atoms with E-state index in [1.807, 2.05) is 0 Å². The van der Waals surface area contributed by atoms with Gasteiger partial charge in [-0.05, 0) is 89.9 Å². The van der Waals surface area contributed by atoms with Gasteiger partial charge in [0, 0.05) is 51.6 Å². The monoisotopic (exact) mass is 1690 g/mol. The Morgan fingerprint density at radius 3 is 0.887 bits per heavy atom. The number of ether oxygens (including phenoxy) is 4. The molecular weight excluding hydrogens is 1520 g/mol. The quantitative estimate of drug-likeness (QED) is 0.00823. The average molecular weight is 1690 g/mol. The predicted molar refractivity (Wildman–Crippen MR) is 462 cm³/mol. The first kappa shape index (κ1) is 118. The van der Waals surface area contributed by atoms with Gasteiger partial charge in [-0.1, -0.05) is 310 Å². The third kappa shape index (κ3) is 85.8. The van der Waals surface area contributed by atoms with Gasteiger partial charge in [-0.2, -0.15) is 0 Å². The fourth-order valence-electron chi connectivity index (χ4n) is 13.3. The second-order valence-corrected chi connectivity index (χ2v) is 34.3. The third-order valence-electron chi connectivity index (χ3n) is 20.2. The zero-order valence-electron chi connectivity index (χ0n) is 76.7. The Morgan fingerprint density at radius 2 is 0.583 bits per heavy atom. The molecule has 0 saturated carbocycles. The number of unbranched alkanes of at least 4 members (excludes halogenated alkanes) is 42. The van der Waals surface area contributed by atoms with E-state index in [1.165, 1.54) is 167 Å². The summed E-state index contributed by atoms with van der Waals surface area (Å²) in [6.45, 7) is 11.2. The minimum atomic E-state index is -4.74. The van der Waals surface area contributed by atoms with Crippen LogP contribution in [0.1, 0.15) is 423 Å². The van der Waals surface area contributed by atoms with E-state index >= 15 is 0 Å². The summed E-state index contributed by atoms with van der Waals surface area (Å²) in [4.78, 5) is 99.7. The van der Waals surface area contributed by atoms with Gasteiger partial charge in [0.1, 0.15) is 18.6 Å². The summed E-state index contributed by atoms with van der Waals surface area (Å²) in [7, 11) is -9.48. The van der Waals surface area contributed by atoms with Crippen molar-refractivity contribution in [1.82, 2.24) is 21.3 Å². The van der Waals surface area contributed by atoms with Gasteiger partial charge in [0.2, 0.25) is 23.6 Å². The topological polar surface area (TPSA) is 299 Å². The standard InChI is InChI=1S/C89H170N4O18P2.2Na.2H/c1-7-13-19-25-29-33-35-37-39-43-45-51-57-63-84(94)92-80(76-104-71-67-82(61-55-49-23-17-11-5)110-88(98)65-59-53-47-41-31-27-21-15-9-3)78-108-112(100,101)106-73-69-90-86(96)75-87(97)91-70-74-107-113(102,103)109-79-81(93-85(95)64-58-52-46-44-40-38-36-34-30-26-20-14-8-2)77-105-72-68-83(62-56-50-24-18-12-6)111-89(99)66-60-54-48-42-32-28-22-16-10-4;;;;/h41-42,47-48,80-83H,7-40,43-46,49-79H2,1-6H3,(H,90,96)(H,91,97)(H,92,94)(H,93,95)(H,100,101)(H,102,103);;;;/q;2*+1;2*-1/b47-41-,48-42-;;;;/t80?,81?,82-,83-;;;;/m1..../s1. The summed E-state index contributed by atoms with van der Waals surface area (Å²) in [5.41, 5.74) is 0. The van der Waals surface area contributed by atoms with Crippen molar-refractivity contribution in [2.24, 2.45) is 0 Å². The SMILES string of the molecule is CCCCCC/C=C\CCCC(=O)O[C@H](CCCCCCC)CCOCC(COP(=O)(O)OCCNC(=O)CC(=O)NCCOP(=O)(O)OCC(COCC[C@@H](CCCCCCC)OC(=O)CCC/C=C\CCCCCC)NC(=O)CCCCCCCCCCCCCCC)NC(=O)CCCCCCCCCCCCCCC.[H-].[H-].[Na+].[Na+]. The zero-order chi connectivity index (χ0) is 82.9. The summed E-state index contributed by atoms with van der Waals surface area (Å²) in [6.07, 6.45) is 66.8. The van der Waals surface area contributed by atoms with Crippen molar-refractivity contribution in [2.75, 3.05) is 65.9 Å². The van der Waals surface area contributed by atoms with Crippen molar-refractivity contribution in [1.29, 1.82) is 0 Å². The van der Waals surface area contributed by atoms with Crippen LogP contribution < -0.4 is 80.4 Å². The van der Waals surface area contributed by atoms with Crippen LogP contribution in [0.25, 0.3) is 0 Å². The minimum absolute atomic E-state index is 0. The number of hydrogen-bond acceptors (Lipinski definition) is 16. The maximum absolute atomic E-state index is 13.3. The number of rotatable bonds is 88. The third-order valence-corrected chi connectivity index (χ3v) is 22.2. The second kappa shape index (κ2) is 88.7. The summed E-state index contributed by atoms with van der Waals surface area (Å²) >= 11 is 0. The van der Waals surface area contributed by atoms with Crippen LogP contribution in [0.3, 0.4) is 0 Å². The molecule has 0 spiro atoms. The number of hydrogen-bond donors (Lipinski definition) is 6. The molecule has 115 heavy (non-hydrogen) atoms. The average Bonchev–Trinajstić information content (AvgIpc) is 0.911. The maximum Gasteiger partial charge on any atom is 1.00 e. The molecule has 668 valence electrons. The molecule has 0 radical (unpaired) electrons. The molecule has 0 fully saturated rings. The number of carbonyl (C=O) groups excluding carboxylic acids is 6. The molecular formula is C89H172N4Na2O18P2. The summed E-state index contributed by atoms with van der Waals surface area (Å²) in [6, 6.07) is -1.65. The molecule has 0 rings (SSSR count). The van der Waals surface area contributed by atoms with Crippen molar-refractivity contribution >= 4 is 51.2 Å².